The first-order chi connectivity index (χ1) is 14.3. The number of rotatable bonds is 10. The minimum atomic E-state index is -0.220. The van der Waals surface area contributed by atoms with Crippen molar-refractivity contribution in [1.82, 2.24) is 9.80 Å². The lowest BCUT2D eigenvalue weighted by Gasteiger charge is -2.21. The minimum absolute atomic E-state index is 0.0101. The Morgan fingerprint density at radius 3 is 2.23 bits per heavy atom. The third-order valence-corrected chi connectivity index (χ3v) is 4.78. The molecule has 0 heterocycles. The molecule has 0 aliphatic rings. The maximum Gasteiger partial charge on any atom is 0.243 e. The quantitative estimate of drug-likeness (QED) is 0.648. The third-order valence-electron chi connectivity index (χ3n) is 4.78. The van der Waals surface area contributed by atoms with Gasteiger partial charge in [-0.2, -0.15) is 0 Å². The Morgan fingerprint density at radius 2 is 1.60 bits per heavy atom. The predicted molar refractivity (Wildman–Crippen MR) is 118 cm³/mol. The Bertz CT molecular complexity index is 852. The zero-order valence-electron chi connectivity index (χ0n) is 18.4. The molecule has 0 aliphatic carbocycles. The molecule has 2 aromatic carbocycles. The fraction of sp³-hybridized carbons (Fsp3) is 0.391. The highest BCUT2D eigenvalue weighted by Crippen LogP contribution is 2.27. The number of nitrogens with one attached hydrogen (secondary N) is 1. The molecule has 0 unspecified atom stereocenters. The van der Waals surface area contributed by atoms with Crippen LogP contribution < -0.4 is 14.8 Å². The average Bonchev–Trinajstić information content (AvgIpc) is 2.73. The van der Waals surface area contributed by atoms with Gasteiger partial charge in [-0.15, -0.1) is 0 Å². The summed E-state index contributed by atoms with van der Waals surface area (Å²) in [5.41, 5.74) is 2.94. The molecule has 162 valence electrons. The molecule has 0 radical (unpaired) electrons. The maximum absolute atomic E-state index is 12.4. The van der Waals surface area contributed by atoms with Gasteiger partial charge in [-0.05, 0) is 50.2 Å². The highest BCUT2D eigenvalue weighted by atomic mass is 16.5. The van der Waals surface area contributed by atoms with Gasteiger partial charge < -0.3 is 19.7 Å². The third kappa shape index (κ3) is 7.08. The largest absolute Gasteiger partial charge is 0.493 e. The summed E-state index contributed by atoms with van der Waals surface area (Å²) in [6.07, 6.45) is 0.766. The molecule has 1 N–H and O–H groups in total. The zero-order chi connectivity index (χ0) is 22.1. The molecule has 0 aliphatic heterocycles. The van der Waals surface area contributed by atoms with Gasteiger partial charge in [0, 0.05) is 19.3 Å². The minimum Gasteiger partial charge on any atom is -0.493 e. The second-order valence-electron chi connectivity index (χ2n) is 7.34. The molecule has 7 heteroatoms. The van der Waals surface area contributed by atoms with Gasteiger partial charge in [-0.25, -0.2) is 0 Å². The predicted octanol–water partition coefficient (Wildman–Crippen LogP) is 2.58. The van der Waals surface area contributed by atoms with Crippen molar-refractivity contribution in [2.45, 2.75) is 13.3 Å². The van der Waals surface area contributed by atoms with E-state index in [4.69, 9.17) is 9.47 Å². The summed E-state index contributed by atoms with van der Waals surface area (Å²) in [5, 5.41) is 2.81. The highest BCUT2D eigenvalue weighted by Gasteiger charge is 2.15. The molecule has 0 spiro atoms. The van der Waals surface area contributed by atoms with E-state index in [1.165, 1.54) is 4.90 Å². The maximum atomic E-state index is 12.4. The van der Waals surface area contributed by atoms with E-state index in [9.17, 15) is 9.59 Å². The van der Waals surface area contributed by atoms with Gasteiger partial charge in [0.15, 0.2) is 11.5 Å². The van der Waals surface area contributed by atoms with Gasteiger partial charge in [0.05, 0.1) is 27.3 Å². The van der Waals surface area contributed by atoms with E-state index in [1.807, 2.05) is 61.3 Å². The van der Waals surface area contributed by atoms with Gasteiger partial charge in [0.1, 0.15) is 0 Å². The number of likely N-dealkylation sites (N-methyl/N-ethyl adjacent to an activating group) is 2. The topological polar surface area (TPSA) is 71.1 Å². The number of ether oxygens (including phenoxy) is 2. The number of hydrogen-bond donors (Lipinski definition) is 1. The summed E-state index contributed by atoms with van der Waals surface area (Å²) in [4.78, 5) is 28.0. The normalized spacial score (nSPS) is 10.6. The SMILES string of the molecule is COc1ccc(CCN(C)CC(=O)N(C)CC(=O)Nc2ccc(C)cc2)cc1OC. The molecule has 0 atom stereocenters. The van der Waals surface area contributed by atoms with Crippen LogP contribution in [0.4, 0.5) is 5.69 Å². The fourth-order valence-electron chi connectivity index (χ4n) is 2.93. The van der Waals surface area contributed by atoms with Crippen molar-refractivity contribution in [3.05, 3.63) is 53.6 Å². The summed E-state index contributed by atoms with van der Waals surface area (Å²) in [5.74, 6) is 1.05. The molecule has 0 saturated carbocycles. The fourth-order valence-corrected chi connectivity index (χ4v) is 2.93. The molecule has 7 nitrogen and oxygen atoms in total. The Labute approximate surface area is 178 Å². The number of amides is 2. The van der Waals surface area contributed by atoms with E-state index in [0.717, 1.165) is 23.2 Å². The van der Waals surface area contributed by atoms with Crippen LogP contribution in [0, 0.1) is 6.92 Å². The summed E-state index contributed by atoms with van der Waals surface area (Å²) < 4.78 is 10.6. The lowest BCUT2D eigenvalue weighted by atomic mass is 10.1. The zero-order valence-corrected chi connectivity index (χ0v) is 18.4. The number of nitrogens with zero attached hydrogens (tertiary/aromatic N) is 2. The van der Waals surface area contributed by atoms with Crippen molar-refractivity contribution in [3.63, 3.8) is 0 Å². The van der Waals surface area contributed by atoms with E-state index >= 15 is 0 Å². The van der Waals surface area contributed by atoms with E-state index in [2.05, 4.69) is 5.32 Å². The van der Waals surface area contributed by atoms with Crippen molar-refractivity contribution < 1.29 is 19.1 Å². The van der Waals surface area contributed by atoms with Crippen LogP contribution in [0.3, 0.4) is 0 Å². The van der Waals surface area contributed by atoms with Crippen LogP contribution >= 0.6 is 0 Å². The molecular weight excluding hydrogens is 382 g/mol. The number of carbonyl (C=O) groups excluding carboxylic acids is 2. The molecule has 30 heavy (non-hydrogen) atoms. The summed E-state index contributed by atoms with van der Waals surface area (Å²) in [6.45, 7) is 2.93. The molecule has 0 bridgehead atoms. The van der Waals surface area contributed by atoms with Crippen molar-refractivity contribution in [2.24, 2.45) is 0 Å². The summed E-state index contributed by atoms with van der Waals surface area (Å²) in [6, 6.07) is 13.3. The molecule has 2 rings (SSSR count). The number of anilines is 1. The number of benzene rings is 2. The lowest BCUT2D eigenvalue weighted by molar-refractivity contribution is -0.134. The van der Waals surface area contributed by atoms with Crippen molar-refractivity contribution in [1.29, 1.82) is 0 Å². The van der Waals surface area contributed by atoms with E-state index in [0.29, 0.717) is 18.0 Å². The lowest BCUT2D eigenvalue weighted by Crippen LogP contribution is -2.41. The van der Waals surface area contributed by atoms with Gasteiger partial charge in [0.25, 0.3) is 0 Å². The Kier molecular flexibility index (Phi) is 8.68. The van der Waals surface area contributed by atoms with Crippen molar-refractivity contribution >= 4 is 17.5 Å². The van der Waals surface area contributed by atoms with Gasteiger partial charge >= 0.3 is 0 Å². The van der Waals surface area contributed by atoms with Gasteiger partial charge in [0.2, 0.25) is 11.8 Å². The van der Waals surface area contributed by atoms with Crippen molar-refractivity contribution in [2.75, 3.05) is 53.3 Å². The summed E-state index contributed by atoms with van der Waals surface area (Å²) >= 11 is 0. The smallest absolute Gasteiger partial charge is 0.243 e. The Morgan fingerprint density at radius 1 is 0.933 bits per heavy atom. The molecule has 0 saturated heterocycles. The molecule has 0 aromatic heterocycles. The van der Waals surface area contributed by atoms with E-state index < -0.39 is 0 Å². The van der Waals surface area contributed by atoms with Gasteiger partial charge in [-0.1, -0.05) is 23.8 Å². The first kappa shape index (κ1) is 23.2. The van der Waals surface area contributed by atoms with E-state index in [1.54, 1.807) is 21.3 Å². The highest BCUT2D eigenvalue weighted by molar-refractivity contribution is 5.94. The standard InChI is InChI=1S/C23H31N3O4/c1-17-6-9-19(10-7-17)24-22(27)15-26(3)23(28)16-25(2)13-12-18-8-11-20(29-4)21(14-18)30-5/h6-11,14H,12-13,15-16H2,1-5H3,(H,24,27). The van der Waals surface area contributed by atoms with Crippen LogP contribution in [0.2, 0.25) is 0 Å². The van der Waals surface area contributed by atoms with Crippen LogP contribution in [0.1, 0.15) is 11.1 Å². The van der Waals surface area contributed by atoms with Crippen LogP contribution in [-0.4, -0.2) is 69.6 Å². The molecule has 2 amide bonds. The molecule has 2 aromatic rings. The second kappa shape index (κ2) is 11.2. The molecular formula is C23H31N3O4. The van der Waals surface area contributed by atoms with Crippen LogP contribution in [0.5, 0.6) is 11.5 Å². The van der Waals surface area contributed by atoms with Crippen LogP contribution in [0.15, 0.2) is 42.5 Å². The molecule has 0 fully saturated rings. The van der Waals surface area contributed by atoms with Crippen LogP contribution in [0.25, 0.3) is 0 Å². The number of aryl methyl sites for hydroxylation is 1. The van der Waals surface area contributed by atoms with Crippen molar-refractivity contribution in [3.8, 4) is 11.5 Å². The monoisotopic (exact) mass is 413 g/mol. The van der Waals surface area contributed by atoms with Crippen LogP contribution in [-0.2, 0) is 16.0 Å². The first-order valence-corrected chi connectivity index (χ1v) is 9.82. The summed E-state index contributed by atoms with van der Waals surface area (Å²) in [7, 11) is 6.74. The van der Waals surface area contributed by atoms with E-state index in [-0.39, 0.29) is 24.9 Å². The Hall–Kier alpha value is -3.06. The Balaban J connectivity index is 1.78. The number of hydrogen-bond acceptors (Lipinski definition) is 5. The number of carbonyl (C=O) groups is 2. The van der Waals surface area contributed by atoms with Gasteiger partial charge in [-0.3, -0.25) is 14.5 Å². The first-order valence-electron chi connectivity index (χ1n) is 9.82. The second-order valence-corrected chi connectivity index (χ2v) is 7.34. The average molecular weight is 414 g/mol. The number of methoxy groups -OCH3 is 2.